The number of nitrogens with zero attached hydrogens (tertiary/aromatic N) is 2. The monoisotopic (exact) mass is 301 g/mol. The Morgan fingerprint density at radius 2 is 1.81 bits per heavy atom. The maximum atomic E-state index is 13.5. The first kappa shape index (κ1) is 15.3. The molecule has 0 amide bonds. The summed E-state index contributed by atoms with van der Waals surface area (Å²) in [7, 11) is 1.67. The lowest BCUT2D eigenvalue weighted by atomic mass is 10.1. The van der Waals surface area contributed by atoms with Gasteiger partial charge < -0.3 is 10.3 Å². The number of aromatic nitrogens is 2. The van der Waals surface area contributed by atoms with Crippen molar-refractivity contribution in [2.45, 2.75) is 25.9 Å². The van der Waals surface area contributed by atoms with Crippen LogP contribution in [0.5, 0.6) is 0 Å². The van der Waals surface area contributed by atoms with E-state index in [1.54, 1.807) is 11.6 Å². The standard InChI is InChI=1S/C14H15F4N3/c1-7(2)13-20-11(12(19)21(13)3)8-4-9(14(16,17)18)6-10(15)5-8/h4-7H,19H2,1-3H3. The first-order valence-corrected chi connectivity index (χ1v) is 6.31. The third kappa shape index (κ3) is 2.86. The summed E-state index contributed by atoms with van der Waals surface area (Å²) in [5.41, 5.74) is 4.99. The molecular weight excluding hydrogens is 286 g/mol. The normalized spacial score (nSPS) is 12.2. The van der Waals surface area contributed by atoms with E-state index in [4.69, 9.17) is 5.73 Å². The van der Waals surface area contributed by atoms with E-state index in [2.05, 4.69) is 4.98 Å². The highest BCUT2D eigenvalue weighted by atomic mass is 19.4. The molecule has 1 aromatic carbocycles. The zero-order valence-corrected chi connectivity index (χ0v) is 11.8. The molecule has 1 heterocycles. The van der Waals surface area contributed by atoms with Gasteiger partial charge in [0, 0.05) is 18.5 Å². The lowest BCUT2D eigenvalue weighted by Gasteiger charge is -2.09. The van der Waals surface area contributed by atoms with E-state index in [0.29, 0.717) is 11.9 Å². The van der Waals surface area contributed by atoms with Gasteiger partial charge in [-0.1, -0.05) is 13.8 Å². The summed E-state index contributed by atoms with van der Waals surface area (Å²) in [5, 5.41) is 0. The first-order valence-electron chi connectivity index (χ1n) is 6.31. The topological polar surface area (TPSA) is 43.8 Å². The Hall–Kier alpha value is -2.05. The van der Waals surface area contributed by atoms with Gasteiger partial charge in [0.05, 0.1) is 5.56 Å². The molecule has 0 saturated carbocycles. The summed E-state index contributed by atoms with van der Waals surface area (Å²) in [6.07, 6.45) is -4.62. The van der Waals surface area contributed by atoms with Crippen LogP contribution in [-0.2, 0) is 13.2 Å². The van der Waals surface area contributed by atoms with Crippen LogP contribution < -0.4 is 5.73 Å². The Balaban J connectivity index is 2.63. The lowest BCUT2D eigenvalue weighted by Crippen LogP contribution is -2.06. The molecule has 7 heteroatoms. The van der Waals surface area contributed by atoms with E-state index >= 15 is 0 Å². The van der Waals surface area contributed by atoms with Crippen LogP contribution in [0.4, 0.5) is 23.4 Å². The molecule has 0 aliphatic carbocycles. The number of imidazole rings is 1. The Kier molecular flexibility index (Phi) is 3.69. The molecule has 0 bridgehead atoms. The van der Waals surface area contributed by atoms with E-state index in [9.17, 15) is 17.6 Å². The highest BCUT2D eigenvalue weighted by Crippen LogP contribution is 2.35. The number of alkyl halides is 3. The van der Waals surface area contributed by atoms with Gasteiger partial charge in [-0.3, -0.25) is 0 Å². The van der Waals surface area contributed by atoms with Crippen molar-refractivity contribution in [2.75, 3.05) is 5.73 Å². The summed E-state index contributed by atoms with van der Waals surface area (Å²) in [4.78, 5) is 4.25. The number of anilines is 1. The molecule has 0 saturated heterocycles. The summed E-state index contributed by atoms with van der Waals surface area (Å²) < 4.78 is 53.3. The van der Waals surface area contributed by atoms with Gasteiger partial charge in [-0.05, 0) is 18.2 Å². The molecule has 0 fully saturated rings. The minimum Gasteiger partial charge on any atom is -0.383 e. The molecule has 1 aromatic heterocycles. The third-order valence-electron chi connectivity index (χ3n) is 3.19. The fourth-order valence-corrected chi connectivity index (χ4v) is 2.15. The van der Waals surface area contributed by atoms with Crippen molar-refractivity contribution < 1.29 is 17.6 Å². The van der Waals surface area contributed by atoms with Crippen molar-refractivity contribution in [1.82, 2.24) is 9.55 Å². The minimum absolute atomic E-state index is 0.0160. The zero-order chi connectivity index (χ0) is 15.9. The molecular formula is C14H15F4N3. The van der Waals surface area contributed by atoms with Crippen LogP contribution in [-0.4, -0.2) is 9.55 Å². The summed E-state index contributed by atoms with van der Waals surface area (Å²) >= 11 is 0. The maximum Gasteiger partial charge on any atom is 0.416 e. The number of benzene rings is 1. The Morgan fingerprint density at radius 3 is 2.29 bits per heavy atom. The van der Waals surface area contributed by atoms with Gasteiger partial charge in [0.15, 0.2) is 0 Å². The van der Waals surface area contributed by atoms with Crippen LogP contribution in [0.25, 0.3) is 11.3 Å². The zero-order valence-electron chi connectivity index (χ0n) is 11.8. The van der Waals surface area contributed by atoms with Gasteiger partial charge in [0.1, 0.15) is 23.2 Å². The number of nitrogens with two attached hydrogens (primary N) is 1. The third-order valence-corrected chi connectivity index (χ3v) is 3.19. The second kappa shape index (κ2) is 5.05. The molecule has 0 spiro atoms. The lowest BCUT2D eigenvalue weighted by molar-refractivity contribution is -0.137. The molecule has 3 nitrogen and oxygen atoms in total. The Labute approximate surface area is 119 Å². The molecule has 0 aliphatic heterocycles. The van der Waals surface area contributed by atoms with Crippen LogP contribution in [0.2, 0.25) is 0 Å². The van der Waals surface area contributed by atoms with E-state index in [1.807, 2.05) is 13.8 Å². The number of hydrogen-bond donors (Lipinski definition) is 1. The average molecular weight is 301 g/mol. The van der Waals surface area contributed by atoms with E-state index in [1.165, 1.54) is 0 Å². The number of halogens is 4. The maximum absolute atomic E-state index is 13.5. The number of hydrogen-bond acceptors (Lipinski definition) is 2. The number of nitrogen functional groups attached to an aromatic ring is 1. The highest BCUT2D eigenvalue weighted by Gasteiger charge is 2.32. The van der Waals surface area contributed by atoms with Crippen molar-refractivity contribution in [1.29, 1.82) is 0 Å². The van der Waals surface area contributed by atoms with Crippen LogP contribution in [0, 0.1) is 5.82 Å². The molecule has 0 aliphatic rings. The minimum atomic E-state index is -4.62. The molecule has 0 radical (unpaired) electrons. The number of rotatable bonds is 2. The second-order valence-electron chi connectivity index (χ2n) is 5.14. The van der Waals surface area contributed by atoms with Crippen molar-refractivity contribution in [3.05, 3.63) is 35.4 Å². The summed E-state index contributed by atoms with van der Waals surface area (Å²) in [6.45, 7) is 3.77. The predicted molar refractivity (Wildman–Crippen MR) is 72.1 cm³/mol. The highest BCUT2D eigenvalue weighted by molar-refractivity contribution is 5.71. The summed E-state index contributed by atoms with van der Waals surface area (Å²) in [6, 6.07) is 2.30. The van der Waals surface area contributed by atoms with Crippen molar-refractivity contribution >= 4 is 5.82 Å². The van der Waals surface area contributed by atoms with Gasteiger partial charge >= 0.3 is 6.18 Å². The van der Waals surface area contributed by atoms with Crippen LogP contribution in [0.15, 0.2) is 18.2 Å². The molecule has 0 unspecified atom stereocenters. The predicted octanol–water partition coefficient (Wildman–Crippen LogP) is 3.95. The van der Waals surface area contributed by atoms with Gasteiger partial charge in [-0.15, -0.1) is 0 Å². The molecule has 2 N–H and O–H groups in total. The average Bonchev–Trinajstić information content (AvgIpc) is 2.65. The molecule has 2 aromatic rings. The smallest absolute Gasteiger partial charge is 0.383 e. The molecule has 2 rings (SSSR count). The fraction of sp³-hybridized carbons (Fsp3) is 0.357. The molecule has 114 valence electrons. The second-order valence-corrected chi connectivity index (χ2v) is 5.14. The summed E-state index contributed by atoms with van der Waals surface area (Å²) in [5.74, 6) is -0.101. The van der Waals surface area contributed by atoms with Crippen molar-refractivity contribution in [2.24, 2.45) is 7.05 Å². The van der Waals surface area contributed by atoms with Gasteiger partial charge in [-0.25, -0.2) is 9.37 Å². The largest absolute Gasteiger partial charge is 0.416 e. The molecule has 21 heavy (non-hydrogen) atoms. The molecule has 0 atom stereocenters. The van der Waals surface area contributed by atoms with Crippen LogP contribution >= 0.6 is 0 Å². The van der Waals surface area contributed by atoms with Crippen LogP contribution in [0.3, 0.4) is 0 Å². The van der Waals surface area contributed by atoms with Crippen molar-refractivity contribution in [3.63, 3.8) is 0 Å². The first-order chi connectivity index (χ1) is 9.61. The van der Waals surface area contributed by atoms with E-state index in [-0.39, 0.29) is 23.0 Å². The van der Waals surface area contributed by atoms with Crippen molar-refractivity contribution in [3.8, 4) is 11.3 Å². The quantitative estimate of drug-likeness (QED) is 0.854. The van der Waals surface area contributed by atoms with E-state index in [0.717, 1.165) is 12.1 Å². The van der Waals surface area contributed by atoms with Gasteiger partial charge in [-0.2, -0.15) is 13.2 Å². The Bertz CT molecular complexity index is 672. The van der Waals surface area contributed by atoms with E-state index < -0.39 is 17.6 Å². The Morgan fingerprint density at radius 1 is 1.19 bits per heavy atom. The fourth-order valence-electron chi connectivity index (χ4n) is 2.15. The SMILES string of the molecule is CC(C)c1nc(-c2cc(F)cc(C(F)(F)F)c2)c(N)n1C. The van der Waals surface area contributed by atoms with Gasteiger partial charge in [0.2, 0.25) is 0 Å². The van der Waals surface area contributed by atoms with Crippen LogP contribution in [0.1, 0.15) is 31.2 Å². The van der Waals surface area contributed by atoms with Gasteiger partial charge in [0.25, 0.3) is 0 Å².